The molecule has 2 rings (SSSR count). The molecule has 0 spiro atoms. The van der Waals surface area contributed by atoms with Gasteiger partial charge < -0.3 is 14.7 Å². The number of likely N-dealkylation sites (tertiary alicyclic amines) is 1. The predicted octanol–water partition coefficient (Wildman–Crippen LogP) is 0.182. The van der Waals surface area contributed by atoms with Crippen molar-refractivity contribution in [1.82, 2.24) is 14.7 Å². The SMILES string of the molecule is CC(C)C(=O)N1CCC(C(=O)N2CCN(C=O)CC2)CC1. The van der Waals surface area contributed by atoms with Crippen molar-refractivity contribution in [1.29, 1.82) is 0 Å². The van der Waals surface area contributed by atoms with Gasteiger partial charge >= 0.3 is 0 Å². The van der Waals surface area contributed by atoms with Crippen molar-refractivity contribution >= 4 is 18.2 Å². The summed E-state index contributed by atoms with van der Waals surface area (Å²) in [6.45, 7) is 7.69. The standard InChI is InChI=1S/C15H25N3O3/c1-12(2)14(20)17-5-3-13(4-6-17)15(21)18-9-7-16(11-19)8-10-18/h11-13H,3-10H2,1-2H3. The molecule has 0 aromatic rings. The monoisotopic (exact) mass is 295 g/mol. The summed E-state index contributed by atoms with van der Waals surface area (Å²) in [5.41, 5.74) is 0. The molecule has 0 aromatic heterocycles. The van der Waals surface area contributed by atoms with E-state index in [2.05, 4.69) is 0 Å². The Morgan fingerprint density at radius 2 is 1.52 bits per heavy atom. The first-order chi connectivity index (χ1) is 10.0. The summed E-state index contributed by atoms with van der Waals surface area (Å²) in [6, 6.07) is 0. The Hall–Kier alpha value is -1.59. The van der Waals surface area contributed by atoms with Crippen LogP contribution in [0.4, 0.5) is 0 Å². The van der Waals surface area contributed by atoms with Crippen LogP contribution >= 0.6 is 0 Å². The maximum atomic E-state index is 12.5. The molecule has 21 heavy (non-hydrogen) atoms. The molecular formula is C15H25N3O3. The first-order valence-corrected chi connectivity index (χ1v) is 7.80. The topological polar surface area (TPSA) is 60.9 Å². The van der Waals surface area contributed by atoms with Crippen molar-refractivity contribution in [2.75, 3.05) is 39.3 Å². The molecule has 2 saturated heterocycles. The van der Waals surface area contributed by atoms with Gasteiger partial charge in [-0.1, -0.05) is 13.8 Å². The van der Waals surface area contributed by atoms with E-state index in [1.807, 2.05) is 23.6 Å². The van der Waals surface area contributed by atoms with E-state index < -0.39 is 0 Å². The number of nitrogens with zero attached hydrogens (tertiary/aromatic N) is 3. The maximum absolute atomic E-state index is 12.5. The summed E-state index contributed by atoms with van der Waals surface area (Å²) >= 11 is 0. The van der Waals surface area contributed by atoms with Crippen LogP contribution in [0.2, 0.25) is 0 Å². The normalized spacial score (nSPS) is 20.8. The van der Waals surface area contributed by atoms with Crippen molar-refractivity contribution < 1.29 is 14.4 Å². The van der Waals surface area contributed by atoms with Crippen LogP contribution in [0.3, 0.4) is 0 Å². The van der Waals surface area contributed by atoms with Crippen molar-refractivity contribution in [2.45, 2.75) is 26.7 Å². The third-order valence-corrected chi connectivity index (χ3v) is 4.42. The summed E-state index contributed by atoms with van der Waals surface area (Å²) in [4.78, 5) is 40.5. The fraction of sp³-hybridized carbons (Fsp3) is 0.800. The highest BCUT2D eigenvalue weighted by molar-refractivity contribution is 5.81. The first-order valence-electron chi connectivity index (χ1n) is 7.80. The molecule has 0 atom stereocenters. The van der Waals surface area contributed by atoms with Gasteiger partial charge in [-0.25, -0.2) is 0 Å². The Morgan fingerprint density at radius 3 is 2.00 bits per heavy atom. The largest absolute Gasteiger partial charge is 0.342 e. The summed E-state index contributed by atoms with van der Waals surface area (Å²) in [7, 11) is 0. The van der Waals surface area contributed by atoms with Gasteiger partial charge in [0.2, 0.25) is 18.2 Å². The smallest absolute Gasteiger partial charge is 0.225 e. The summed E-state index contributed by atoms with van der Waals surface area (Å²) < 4.78 is 0. The Labute approximate surface area is 126 Å². The number of hydrogen-bond acceptors (Lipinski definition) is 3. The van der Waals surface area contributed by atoms with Crippen LogP contribution in [0, 0.1) is 11.8 Å². The molecule has 2 heterocycles. The van der Waals surface area contributed by atoms with Crippen LogP contribution < -0.4 is 0 Å². The summed E-state index contributed by atoms with van der Waals surface area (Å²) in [5.74, 6) is 0.426. The highest BCUT2D eigenvalue weighted by Crippen LogP contribution is 2.21. The van der Waals surface area contributed by atoms with E-state index in [-0.39, 0.29) is 23.7 Å². The van der Waals surface area contributed by atoms with E-state index >= 15 is 0 Å². The van der Waals surface area contributed by atoms with Crippen molar-refractivity contribution in [3.8, 4) is 0 Å². The number of rotatable bonds is 3. The third-order valence-electron chi connectivity index (χ3n) is 4.42. The zero-order valence-electron chi connectivity index (χ0n) is 13.0. The van der Waals surface area contributed by atoms with Gasteiger partial charge in [0.15, 0.2) is 0 Å². The minimum Gasteiger partial charge on any atom is -0.342 e. The average Bonchev–Trinajstić information content (AvgIpc) is 2.53. The second kappa shape index (κ2) is 6.91. The number of piperidine rings is 1. The Kier molecular flexibility index (Phi) is 5.20. The van der Waals surface area contributed by atoms with E-state index in [0.29, 0.717) is 39.3 Å². The lowest BCUT2D eigenvalue weighted by Crippen LogP contribution is -2.51. The predicted molar refractivity (Wildman–Crippen MR) is 78.4 cm³/mol. The number of hydrogen-bond donors (Lipinski definition) is 0. The van der Waals surface area contributed by atoms with Crippen molar-refractivity contribution in [2.24, 2.45) is 11.8 Å². The lowest BCUT2D eigenvalue weighted by Gasteiger charge is -2.38. The average molecular weight is 295 g/mol. The maximum Gasteiger partial charge on any atom is 0.225 e. The number of piperazine rings is 1. The molecule has 0 bridgehead atoms. The van der Waals surface area contributed by atoms with Gasteiger partial charge in [-0.05, 0) is 12.8 Å². The van der Waals surface area contributed by atoms with Crippen LogP contribution in [-0.2, 0) is 14.4 Å². The van der Waals surface area contributed by atoms with Gasteiger partial charge in [0.25, 0.3) is 0 Å². The molecule has 0 unspecified atom stereocenters. The summed E-state index contributed by atoms with van der Waals surface area (Å²) in [6.07, 6.45) is 2.36. The molecule has 0 saturated carbocycles. The van der Waals surface area contributed by atoms with E-state index in [1.165, 1.54) is 0 Å². The van der Waals surface area contributed by atoms with Gasteiger partial charge in [0.1, 0.15) is 0 Å². The van der Waals surface area contributed by atoms with Crippen LogP contribution in [0.15, 0.2) is 0 Å². The van der Waals surface area contributed by atoms with Gasteiger partial charge in [-0.3, -0.25) is 14.4 Å². The van der Waals surface area contributed by atoms with Crippen LogP contribution in [0.5, 0.6) is 0 Å². The fourth-order valence-electron chi connectivity index (χ4n) is 3.02. The Balaban J connectivity index is 1.81. The van der Waals surface area contributed by atoms with E-state index in [0.717, 1.165) is 19.3 Å². The second-order valence-corrected chi connectivity index (χ2v) is 6.22. The molecule has 0 aliphatic carbocycles. The number of carbonyl (C=O) groups excluding carboxylic acids is 3. The number of amides is 3. The molecule has 2 aliphatic rings. The lowest BCUT2D eigenvalue weighted by molar-refractivity contribution is -0.143. The molecule has 0 radical (unpaired) electrons. The quantitative estimate of drug-likeness (QED) is 0.698. The Bertz CT molecular complexity index is 395. The molecule has 3 amide bonds. The minimum atomic E-state index is 0.0219. The van der Waals surface area contributed by atoms with Crippen molar-refractivity contribution in [3.05, 3.63) is 0 Å². The van der Waals surface area contributed by atoms with Crippen LogP contribution in [0.25, 0.3) is 0 Å². The molecule has 2 fully saturated rings. The second-order valence-electron chi connectivity index (χ2n) is 6.22. The van der Waals surface area contributed by atoms with Crippen LogP contribution in [-0.4, -0.2) is 72.2 Å². The highest BCUT2D eigenvalue weighted by atomic mass is 16.2. The number of carbonyl (C=O) groups is 3. The Morgan fingerprint density at radius 1 is 0.952 bits per heavy atom. The van der Waals surface area contributed by atoms with E-state index in [9.17, 15) is 14.4 Å². The highest BCUT2D eigenvalue weighted by Gasteiger charge is 2.31. The molecule has 0 aromatic carbocycles. The first kappa shape index (κ1) is 15.8. The van der Waals surface area contributed by atoms with E-state index in [4.69, 9.17) is 0 Å². The van der Waals surface area contributed by atoms with E-state index in [1.54, 1.807) is 4.90 Å². The summed E-state index contributed by atoms with van der Waals surface area (Å²) in [5, 5.41) is 0. The zero-order chi connectivity index (χ0) is 15.4. The third kappa shape index (κ3) is 3.74. The molecule has 6 nitrogen and oxygen atoms in total. The van der Waals surface area contributed by atoms with Gasteiger partial charge in [0.05, 0.1) is 0 Å². The molecule has 0 N–H and O–H groups in total. The van der Waals surface area contributed by atoms with Crippen LogP contribution in [0.1, 0.15) is 26.7 Å². The molecule has 6 heteroatoms. The molecule has 118 valence electrons. The minimum absolute atomic E-state index is 0.0219. The van der Waals surface area contributed by atoms with Crippen molar-refractivity contribution in [3.63, 3.8) is 0 Å². The van der Waals surface area contributed by atoms with Gasteiger partial charge in [0, 0.05) is 51.1 Å². The van der Waals surface area contributed by atoms with Gasteiger partial charge in [-0.15, -0.1) is 0 Å². The molecule has 2 aliphatic heterocycles. The fourth-order valence-corrected chi connectivity index (χ4v) is 3.02. The zero-order valence-corrected chi connectivity index (χ0v) is 13.0. The molecular weight excluding hydrogens is 270 g/mol. The lowest BCUT2D eigenvalue weighted by atomic mass is 9.94. The van der Waals surface area contributed by atoms with Gasteiger partial charge in [-0.2, -0.15) is 0 Å².